The van der Waals surface area contributed by atoms with Crippen LogP contribution in [-0.2, 0) is 11.2 Å². The number of aryl methyl sites for hydroxylation is 2. The van der Waals surface area contributed by atoms with Crippen molar-refractivity contribution in [3.8, 4) is 0 Å². The summed E-state index contributed by atoms with van der Waals surface area (Å²) in [4.78, 5) is 24.4. The monoisotopic (exact) mass is 457 g/mol. The molecule has 0 spiro atoms. The van der Waals surface area contributed by atoms with E-state index in [9.17, 15) is 15.2 Å². The van der Waals surface area contributed by atoms with Gasteiger partial charge in [-0.25, -0.2) is 9.97 Å². The Kier molecular flexibility index (Phi) is 8.71. The quantitative estimate of drug-likeness (QED) is 0.429. The second-order valence-electron chi connectivity index (χ2n) is 9.13. The van der Waals surface area contributed by atoms with Crippen molar-refractivity contribution in [1.29, 1.82) is 0 Å². The molecule has 1 aromatic heterocycles. The molecular weight excluding hydrogens is 422 g/mol. The molecule has 9 heteroatoms. The summed E-state index contributed by atoms with van der Waals surface area (Å²) in [5.74, 6) is 2.12. The third-order valence-corrected chi connectivity index (χ3v) is 5.73. The molecule has 1 atom stereocenters. The van der Waals surface area contributed by atoms with Crippen molar-refractivity contribution < 1.29 is 14.8 Å². The molecule has 1 saturated heterocycles. The molecule has 0 bridgehead atoms. The highest BCUT2D eigenvalue weighted by atomic mass is 16.6. The first-order valence-corrected chi connectivity index (χ1v) is 11.5. The molecular formula is C24H35N5O4. The molecule has 180 valence electrons. The van der Waals surface area contributed by atoms with E-state index in [0.717, 1.165) is 54.6 Å². The molecule has 0 radical (unpaired) electrons. The van der Waals surface area contributed by atoms with Crippen LogP contribution in [-0.4, -0.2) is 76.9 Å². The maximum atomic E-state index is 10.9. The number of hydrogen-bond acceptors (Lipinski definition) is 8. The number of benzene rings is 1. The SMILES string of the molecule is Cc1nc(C)c(Cc2ccc([N+](=O)[O-])cc2)c(N2CCN(C[C@@H](O)COCC(C)C)CC2)n1. The number of nitro benzene ring substituents is 1. The fourth-order valence-electron chi connectivity index (χ4n) is 4.06. The topological polar surface area (TPSA) is 105 Å². The molecule has 0 unspecified atom stereocenters. The average Bonchev–Trinajstić information content (AvgIpc) is 2.76. The molecule has 1 aliphatic rings. The van der Waals surface area contributed by atoms with Crippen molar-refractivity contribution >= 4 is 11.5 Å². The maximum absolute atomic E-state index is 10.9. The number of hydrogen-bond donors (Lipinski definition) is 1. The van der Waals surface area contributed by atoms with Crippen molar-refractivity contribution in [3.05, 3.63) is 57.0 Å². The van der Waals surface area contributed by atoms with Crippen LogP contribution in [0.25, 0.3) is 0 Å². The van der Waals surface area contributed by atoms with Crippen molar-refractivity contribution in [1.82, 2.24) is 14.9 Å². The Bertz CT molecular complexity index is 927. The van der Waals surface area contributed by atoms with E-state index >= 15 is 0 Å². The van der Waals surface area contributed by atoms with E-state index in [-0.39, 0.29) is 10.6 Å². The van der Waals surface area contributed by atoms with Gasteiger partial charge in [-0.1, -0.05) is 26.0 Å². The molecule has 1 fully saturated rings. The number of non-ortho nitro benzene ring substituents is 1. The summed E-state index contributed by atoms with van der Waals surface area (Å²) in [7, 11) is 0. The third kappa shape index (κ3) is 7.18. The van der Waals surface area contributed by atoms with Crippen molar-refractivity contribution in [2.24, 2.45) is 5.92 Å². The number of rotatable bonds is 10. The molecule has 2 heterocycles. The van der Waals surface area contributed by atoms with Gasteiger partial charge in [0.25, 0.3) is 5.69 Å². The number of ether oxygens (including phenoxy) is 1. The number of nitrogens with zero attached hydrogens (tertiary/aromatic N) is 5. The second kappa shape index (κ2) is 11.5. The van der Waals surface area contributed by atoms with Gasteiger partial charge < -0.3 is 14.7 Å². The Hall–Kier alpha value is -2.62. The van der Waals surface area contributed by atoms with Crippen LogP contribution in [0.2, 0.25) is 0 Å². The summed E-state index contributed by atoms with van der Waals surface area (Å²) < 4.78 is 5.57. The lowest BCUT2D eigenvalue weighted by Gasteiger charge is -2.37. The highest BCUT2D eigenvalue weighted by molar-refractivity contribution is 5.52. The first kappa shape index (κ1) is 25.0. The molecule has 0 amide bonds. The molecule has 0 aliphatic carbocycles. The molecule has 3 rings (SSSR count). The fourth-order valence-corrected chi connectivity index (χ4v) is 4.06. The molecule has 9 nitrogen and oxygen atoms in total. The van der Waals surface area contributed by atoms with E-state index in [2.05, 4.69) is 28.6 Å². The minimum Gasteiger partial charge on any atom is -0.389 e. The zero-order valence-electron chi connectivity index (χ0n) is 20.0. The fraction of sp³-hybridized carbons (Fsp3) is 0.583. The summed E-state index contributed by atoms with van der Waals surface area (Å²) in [6.45, 7) is 13.0. The first-order chi connectivity index (χ1) is 15.7. The second-order valence-corrected chi connectivity index (χ2v) is 9.13. The Balaban J connectivity index is 1.64. The lowest BCUT2D eigenvalue weighted by atomic mass is 10.0. The standard InChI is InChI=1S/C24H35N5O4/c1-17(2)15-33-16-22(30)14-27-9-11-28(12-10-27)24-23(18(3)25-19(4)26-24)13-20-5-7-21(8-6-20)29(31)32/h5-8,17,22,30H,9-16H2,1-4H3/t22-/m1/s1. The molecule has 1 aromatic carbocycles. The van der Waals surface area contributed by atoms with E-state index in [4.69, 9.17) is 9.72 Å². The average molecular weight is 458 g/mol. The van der Waals surface area contributed by atoms with E-state index in [0.29, 0.717) is 32.1 Å². The predicted molar refractivity (Wildman–Crippen MR) is 128 cm³/mol. The largest absolute Gasteiger partial charge is 0.389 e. The van der Waals surface area contributed by atoms with Crippen LogP contribution < -0.4 is 4.90 Å². The van der Waals surface area contributed by atoms with E-state index in [1.807, 2.05) is 13.8 Å². The van der Waals surface area contributed by atoms with Crippen LogP contribution in [0.15, 0.2) is 24.3 Å². The normalized spacial score (nSPS) is 15.8. The van der Waals surface area contributed by atoms with Gasteiger partial charge in [-0.2, -0.15) is 0 Å². The van der Waals surface area contributed by atoms with Gasteiger partial charge >= 0.3 is 0 Å². The van der Waals surface area contributed by atoms with Crippen molar-refractivity contribution in [2.75, 3.05) is 50.8 Å². The number of aromatic nitrogens is 2. The molecule has 2 aromatic rings. The summed E-state index contributed by atoms with van der Waals surface area (Å²) in [5.41, 5.74) is 3.05. The number of β-amino-alcohol motifs (C(OH)–C–C–N with tert-alkyl or cyclic N) is 1. The van der Waals surface area contributed by atoms with Gasteiger partial charge in [0.1, 0.15) is 11.6 Å². The Labute approximate surface area is 195 Å². The number of piperazine rings is 1. The number of aliphatic hydroxyl groups excluding tert-OH is 1. The molecule has 0 saturated carbocycles. The van der Waals surface area contributed by atoms with Crippen molar-refractivity contribution in [2.45, 2.75) is 40.2 Å². The molecule has 1 N–H and O–H groups in total. The number of aliphatic hydroxyl groups is 1. The molecule has 33 heavy (non-hydrogen) atoms. The van der Waals surface area contributed by atoms with Gasteiger partial charge in [-0.15, -0.1) is 0 Å². The lowest BCUT2D eigenvalue weighted by molar-refractivity contribution is -0.384. The summed E-state index contributed by atoms with van der Waals surface area (Å²) >= 11 is 0. The lowest BCUT2D eigenvalue weighted by Crippen LogP contribution is -2.49. The Morgan fingerprint density at radius 1 is 1.09 bits per heavy atom. The van der Waals surface area contributed by atoms with Gasteiger partial charge in [0.05, 0.1) is 17.6 Å². The van der Waals surface area contributed by atoms with E-state index in [1.54, 1.807) is 12.1 Å². The van der Waals surface area contributed by atoms with Crippen LogP contribution in [0.1, 0.15) is 36.5 Å². The Morgan fingerprint density at radius 3 is 2.36 bits per heavy atom. The van der Waals surface area contributed by atoms with E-state index < -0.39 is 6.10 Å². The summed E-state index contributed by atoms with van der Waals surface area (Å²) in [5, 5.41) is 21.2. The predicted octanol–water partition coefficient (Wildman–Crippen LogP) is 2.75. The zero-order valence-corrected chi connectivity index (χ0v) is 20.0. The third-order valence-electron chi connectivity index (χ3n) is 5.73. The highest BCUT2D eigenvalue weighted by Gasteiger charge is 2.24. The van der Waals surface area contributed by atoms with Gasteiger partial charge in [0.15, 0.2) is 0 Å². The summed E-state index contributed by atoms with van der Waals surface area (Å²) in [6, 6.07) is 6.66. The van der Waals surface area contributed by atoms with Gasteiger partial charge in [0.2, 0.25) is 0 Å². The van der Waals surface area contributed by atoms with Crippen LogP contribution >= 0.6 is 0 Å². The number of nitro groups is 1. The van der Waals surface area contributed by atoms with Crippen LogP contribution in [0.4, 0.5) is 11.5 Å². The number of anilines is 1. The minimum absolute atomic E-state index is 0.0868. The Morgan fingerprint density at radius 2 is 1.76 bits per heavy atom. The maximum Gasteiger partial charge on any atom is 0.269 e. The van der Waals surface area contributed by atoms with Gasteiger partial charge in [-0.3, -0.25) is 15.0 Å². The minimum atomic E-state index is -0.489. The smallest absolute Gasteiger partial charge is 0.269 e. The highest BCUT2D eigenvalue weighted by Crippen LogP contribution is 2.26. The first-order valence-electron chi connectivity index (χ1n) is 11.5. The van der Waals surface area contributed by atoms with E-state index in [1.165, 1.54) is 12.1 Å². The molecule has 1 aliphatic heterocycles. The summed E-state index contributed by atoms with van der Waals surface area (Å²) in [6.07, 6.45) is 0.127. The van der Waals surface area contributed by atoms with Crippen LogP contribution in [0, 0.1) is 29.9 Å². The zero-order chi connectivity index (χ0) is 24.0. The van der Waals surface area contributed by atoms with Crippen LogP contribution in [0.3, 0.4) is 0 Å². The van der Waals surface area contributed by atoms with Gasteiger partial charge in [-0.05, 0) is 25.3 Å². The van der Waals surface area contributed by atoms with Crippen LogP contribution in [0.5, 0.6) is 0 Å². The van der Waals surface area contributed by atoms with Crippen molar-refractivity contribution in [3.63, 3.8) is 0 Å². The van der Waals surface area contributed by atoms with Gasteiger partial charge in [0, 0.05) is 69.1 Å².